The molecule has 2 aromatic rings. The summed E-state index contributed by atoms with van der Waals surface area (Å²) in [5.41, 5.74) is 3.97. The van der Waals surface area contributed by atoms with Crippen LogP contribution in [-0.4, -0.2) is 37.8 Å². The number of carbonyl (C=O) groups excluding carboxylic acids is 1. The Kier molecular flexibility index (Phi) is 7.34. The molecule has 0 aliphatic carbocycles. The summed E-state index contributed by atoms with van der Waals surface area (Å²) < 4.78 is 26.9. The predicted octanol–water partition coefficient (Wildman–Crippen LogP) is 4.76. The standard InChI is InChI=1S/C25H32N2O3S/c1-19(2)27(24-18-20(3)10-11-21(24)4)25(28)23-12-15-26(16-13-23)31(29,30)17-14-22-8-6-5-7-9-22/h5-11,14,17-19,23H,12-13,15-16H2,1-4H3/b17-14+. The normalized spacial score (nSPS) is 16.2. The topological polar surface area (TPSA) is 57.7 Å². The zero-order valence-electron chi connectivity index (χ0n) is 18.8. The van der Waals surface area contributed by atoms with Gasteiger partial charge < -0.3 is 4.90 Å². The largest absolute Gasteiger partial charge is 0.309 e. The third-order valence-corrected chi connectivity index (χ3v) is 7.34. The van der Waals surface area contributed by atoms with Crippen molar-refractivity contribution in [1.82, 2.24) is 4.31 Å². The second kappa shape index (κ2) is 9.79. The van der Waals surface area contributed by atoms with Gasteiger partial charge in [-0.2, -0.15) is 4.31 Å². The third kappa shape index (κ3) is 5.63. The van der Waals surface area contributed by atoms with E-state index < -0.39 is 10.0 Å². The number of hydrogen-bond donors (Lipinski definition) is 0. The van der Waals surface area contributed by atoms with Crippen LogP contribution in [0.25, 0.3) is 6.08 Å². The lowest BCUT2D eigenvalue weighted by molar-refractivity contribution is -0.123. The monoisotopic (exact) mass is 440 g/mol. The molecule has 5 nitrogen and oxygen atoms in total. The summed E-state index contributed by atoms with van der Waals surface area (Å²) in [7, 11) is -3.50. The Labute approximate surface area is 186 Å². The third-order valence-electron chi connectivity index (χ3n) is 5.77. The predicted molar refractivity (Wildman–Crippen MR) is 127 cm³/mol. The van der Waals surface area contributed by atoms with Crippen molar-refractivity contribution in [3.8, 4) is 0 Å². The summed E-state index contributed by atoms with van der Waals surface area (Å²) in [6.45, 7) is 8.80. The van der Waals surface area contributed by atoms with Crippen molar-refractivity contribution in [3.63, 3.8) is 0 Å². The van der Waals surface area contributed by atoms with Crippen molar-refractivity contribution in [2.45, 2.75) is 46.6 Å². The molecular weight excluding hydrogens is 408 g/mol. The van der Waals surface area contributed by atoms with Crippen LogP contribution in [0.5, 0.6) is 0 Å². The highest BCUT2D eigenvalue weighted by Gasteiger charge is 2.34. The maximum absolute atomic E-state index is 13.4. The van der Waals surface area contributed by atoms with Gasteiger partial charge in [0.2, 0.25) is 15.9 Å². The molecule has 1 aliphatic rings. The number of amides is 1. The summed E-state index contributed by atoms with van der Waals surface area (Å²) in [6.07, 6.45) is 2.68. The van der Waals surface area contributed by atoms with Gasteiger partial charge in [-0.25, -0.2) is 8.42 Å². The first-order valence-electron chi connectivity index (χ1n) is 10.8. The first-order valence-corrected chi connectivity index (χ1v) is 12.3. The van der Waals surface area contributed by atoms with E-state index in [0.717, 1.165) is 22.4 Å². The quantitative estimate of drug-likeness (QED) is 0.651. The molecule has 1 heterocycles. The number of sulfonamides is 1. The van der Waals surface area contributed by atoms with Crippen molar-refractivity contribution in [3.05, 3.63) is 70.6 Å². The van der Waals surface area contributed by atoms with Crippen LogP contribution in [0.1, 0.15) is 43.4 Å². The van der Waals surface area contributed by atoms with Crippen molar-refractivity contribution in [2.75, 3.05) is 18.0 Å². The molecule has 1 fully saturated rings. The Morgan fingerprint density at radius 1 is 1.06 bits per heavy atom. The molecule has 2 aromatic carbocycles. The van der Waals surface area contributed by atoms with E-state index in [1.54, 1.807) is 6.08 Å². The SMILES string of the molecule is Cc1ccc(C)c(N(C(=O)C2CCN(S(=O)(=O)/C=C/c3ccccc3)CC2)C(C)C)c1. The van der Waals surface area contributed by atoms with E-state index in [-0.39, 0.29) is 17.9 Å². The van der Waals surface area contributed by atoms with Gasteiger partial charge in [0, 0.05) is 36.1 Å². The molecular formula is C25H32N2O3S. The lowest BCUT2D eigenvalue weighted by atomic mass is 9.95. The maximum Gasteiger partial charge on any atom is 0.236 e. The van der Waals surface area contributed by atoms with Gasteiger partial charge >= 0.3 is 0 Å². The van der Waals surface area contributed by atoms with E-state index in [9.17, 15) is 13.2 Å². The highest BCUT2D eigenvalue weighted by atomic mass is 32.2. The van der Waals surface area contributed by atoms with Crippen LogP contribution in [0.4, 0.5) is 5.69 Å². The molecule has 1 amide bonds. The summed E-state index contributed by atoms with van der Waals surface area (Å²) >= 11 is 0. The average molecular weight is 441 g/mol. The van der Waals surface area contributed by atoms with Gasteiger partial charge in [-0.15, -0.1) is 0 Å². The highest BCUT2D eigenvalue weighted by molar-refractivity contribution is 7.92. The lowest BCUT2D eigenvalue weighted by Crippen LogP contribution is -2.46. The van der Waals surface area contributed by atoms with Crippen LogP contribution >= 0.6 is 0 Å². The summed E-state index contributed by atoms with van der Waals surface area (Å²) in [5.74, 6) is -0.0903. The van der Waals surface area contributed by atoms with Crippen molar-refractivity contribution < 1.29 is 13.2 Å². The van der Waals surface area contributed by atoms with E-state index in [1.807, 2.05) is 75.1 Å². The van der Waals surface area contributed by atoms with Crippen molar-refractivity contribution in [2.24, 2.45) is 5.92 Å². The molecule has 0 saturated carbocycles. The van der Waals surface area contributed by atoms with Gasteiger partial charge in [0.1, 0.15) is 0 Å². The Bertz CT molecular complexity index is 1040. The molecule has 1 aliphatic heterocycles. The highest BCUT2D eigenvalue weighted by Crippen LogP contribution is 2.29. The van der Waals surface area contributed by atoms with Gasteiger partial charge in [0.25, 0.3) is 0 Å². The second-order valence-electron chi connectivity index (χ2n) is 8.52. The van der Waals surface area contributed by atoms with E-state index in [4.69, 9.17) is 0 Å². The Hall–Kier alpha value is -2.44. The lowest BCUT2D eigenvalue weighted by Gasteiger charge is -2.35. The number of hydrogen-bond acceptors (Lipinski definition) is 3. The molecule has 1 saturated heterocycles. The van der Waals surface area contributed by atoms with Crippen LogP contribution in [-0.2, 0) is 14.8 Å². The molecule has 166 valence electrons. The Morgan fingerprint density at radius 3 is 2.32 bits per heavy atom. The summed E-state index contributed by atoms with van der Waals surface area (Å²) in [6, 6.07) is 15.6. The number of nitrogens with zero attached hydrogens (tertiary/aromatic N) is 2. The zero-order chi connectivity index (χ0) is 22.6. The van der Waals surface area contributed by atoms with Gasteiger partial charge in [-0.1, -0.05) is 42.5 Å². The molecule has 0 N–H and O–H groups in total. The molecule has 0 bridgehead atoms. The fourth-order valence-corrected chi connectivity index (χ4v) is 5.22. The van der Waals surface area contributed by atoms with Crippen molar-refractivity contribution >= 4 is 27.7 Å². The van der Waals surface area contributed by atoms with Gasteiger partial charge in [0.05, 0.1) is 0 Å². The van der Waals surface area contributed by atoms with E-state index in [1.165, 1.54) is 9.71 Å². The number of carbonyl (C=O) groups is 1. The van der Waals surface area contributed by atoms with E-state index in [0.29, 0.717) is 25.9 Å². The Morgan fingerprint density at radius 2 is 1.71 bits per heavy atom. The summed E-state index contributed by atoms with van der Waals surface area (Å²) in [4.78, 5) is 15.3. The average Bonchev–Trinajstić information content (AvgIpc) is 2.75. The van der Waals surface area contributed by atoms with Crippen LogP contribution in [0, 0.1) is 19.8 Å². The number of piperidine rings is 1. The first-order chi connectivity index (χ1) is 14.7. The minimum Gasteiger partial charge on any atom is -0.309 e. The maximum atomic E-state index is 13.4. The summed E-state index contributed by atoms with van der Waals surface area (Å²) in [5, 5.41) is 1.26. The number of rotatable bonds is 6. The molecule has 6 heteroatoms. The molecule has 0 unspecified atom stereocenters. The smallest absolute Gasteiger partial charge is 0.236 e. The first kappa shape index (κ1) is 23.2. The van der Waals surface area contributed by atoms with E-state index >= 15 is 0 Å². The number of benzene rings is 2. The molecule has 0 atom stereocenters. The van der Waals surface area contributed by atoms with Gasteiger partial charge in [-0.3, -0.25) is 4.79 Å². The minimum absolute atomic E-state index is 0.0311. The Balaban J connectivity index is 1.69. The molecule has 0 spiro atoms. The minimum atomic E-state index is -3.50. The fraction of sp³-hybridized carbons (Fsp3) is 0.400. The second-order valence-corrected chi connectivity index (χ2v) is 10.3. The van der Waals surface area contributed by atoms with E-state index in [2.05, 4.69) is 6.07 Å². The number of aryl methyl sites for hydroxylation is 2. The van der Waals surface area contributed by atoms with Gasteiger partial charge in [-0.05, 0) is 69.4 Å². The van der Waals surface area contributed by atoms with Crippen LogP contribution in [0.3, 0.4) is 0 Å². The van der Waals surface area contributed by atoms with Crippen LogP contribution in [0.15, 0.2) is 53.9 Å². The zero-order valence-corrected chi connectivity index (χ0v) is 19.6. The molecule has 0 aromatic heterocycles. The molecule has 0 radical (unpaired) electrons. The van der Waals surface area contributed by atoms with Crippen LogP contribution < -0.4 is 4.90 Å². The number of anilines is 1. The van der Waals surface area contributed by atoms with Crippen LogP contribution in [0.2, 0.25) is 0 Å². The molecule has 3 rings (SSSR count). The fourth-order valence-electron chi connectivity index (χ4n) is 4.00. The van der Waals surface area contributed by atoms with Gasteiger partial charge in [0.15, 0.2) is 0 Å². The van der Waals surface area contributed by atoms with Crippen molar-refractivity contribution in [1.29, 1.82) is 0 Å². The molecule has 31 heavy (non-hydrogen) atoms.